The van der Waals surface area contributed by atoms with Gasteiger partial charge >= 0.3 is 0 Å². The van der Waals surface area contributed by atoms with Gasteiger partial charge in [-0.05, 0) is 6.54 Å². The largest absolute Gasteiger partial charge is 0.394 e. The molecule has 0 aromatic heterocycles. The van der Waals surface area contributed by atoms with Crippen molar-refractivity contribution in [2.75, 3.05) is 19.8 Å². The molecule has 0 bridgehead atoms. The lowest BCUT2D eigenvalue weighted by molar-refractivity contribution is 0.186. The van der Waals surface area contributed by atoms with Crippen molar-refractivity contribution in [2.45, 2.75) is 6.92 Å². The fourth-order valence-electron chi connectivity index (χ4n) is 0. The van der Waals surface area contributed by atoms with Crippen molar-refractivity contribution in [1.82, 2.24) is 0 Å². The average Bonchev–Trinajstić information content (AvgIpc) is 1.69. The molecule has 46 valence electrons. The highest BCUT2D eigenvalue weighted by atomic mass is 16.3. The molecule has 0 unspecified atom stereocenters. The van der Waals surface area contributed by atoms with E-state index in [2.05, 4.69) is 0 Å². The number of rotatable bonds is 1. The normalized spacial score (nSPS) is 6.86. The third-order valence-electron chi connectivity index (χ3n) is 0.1000. The van der Waals surface area contributed by atoms with Gasteiger partial charge in [-0.25, -0.2) is 0 Å². The minimum absolute atomic E-state index is 0.125. The van der Waals surface area contributed by atoms with Gasteiger partial charge in [0.05, 0.1) is 13.2 Å². The highest BCUT2D eigenvalue weighted by Crippen LogP contribution is 1.39. The summed E-state index contributed by atoms with van der Waals surface area (Å²) in [6.07, 6.45) is 0. The van der Waals surface area contributed by atoms with Gasteiger partial charge in [0.1, 0.15) is 0 Å². The predicted molar refractivity (Wildman–Crippen MR) is 28.9 cm³/mol. The van der Waals surface area contributed by atoms with E-state index >= 15 is 0 Å². The molecule has 0 spiro atoms. The molecule has 0 radical (unpaired) electrons. The van der Waals surface area contributed by atoms with Crippen LogP contribution in [0.5, 0.6) is 0 Å². The van der Waals surface area contributed by atoms with Gasteiger partial charge < -0.3 is 15.9 Å². The second-order valence-electron chi connectivity index (χ2n) is 0.855. The van der Waals surface area contributed by atoms with E-state index in [1.165, 1.54) is 0 Å². The summed E-state index contributed by atoms with van der Waals surface area (Å²) in [6, 6.07) is 0. The second kappa shape index (κ2) is 16.9. The molecule has 0 heterocycles. The summed E-state index contributed by atoms with van der Waals surface area (Å²) >= 11 is 0. The van der Waals surface area contributed by atoms with Crippen LogP contribution in [0.15, 0.2) is 0 Å². The highest BCUT2D eigenvalue weighted by molar-refractivity contribution is 4.06. The zero-order valence-electron chi connectivity index (χ0n) is 4.59. The van der Waals surface area contributed by atoms with Crippen molar-refractivity contribution >= 4 is 0 Å². The third-order valence-corrected chi connectivity index (χ3v) is 0.1000. The SMILES string of the molecule is CCN.OCCO. The van der Waals surface area contributed by atoms with Gasteiger partial charge in [-0.15, -0.1) is 0 Å². The van der Waals surface area contributed by atoms with Crippen LogP contribution in [0.4, 0.5) is 0 Å². The fourth-order valence-corrected chi connectivity index (χ4v) is 0. The van der Waals surface area contributed by atoms with Crippen LogP contribution in [0.3, 0.4) is 0 Å². The van der Waals surface area contributed by atoms with Crippen molar-refractivity contribution in [3.8, 4) is 0 Å². The summed E-state index contributed by atoms with van der Waals surface area (Å²) < 4.78 is 0. The van der Waals surface area contributed by atoms with E-state index < -0.39 is 0 Å². The highest BCUT2D eigenvalue weighted by Gasteiger charge is 1.58. The van der Waals surface area contributed by atoms with Gasteiger partial charge in [0.2, 0.25) is 0 Å². The van der Waals surface area contributed by atoms with Gasteiger partial charge in [0.15, 0.2) is 0 Å². The Morgan fingerprint density at radius 1 is 1.29 bits per heavy atom. The fraction of sp³-hybridized carbons (Fsp3) is 1.00. The smallest absolute Gasteiger partial charge is 0.0662 e. The topological polar surface area (TPSA) is 66.5 Å². The average molecular weight is 107 g/mol. The summed E-state index contributed by atoms with van der Waals surface area (Å²) in [7, 11) is 0. The molecular formula is C4H13NO2. The third kappa shape index (κ3) is 114. The van der Waals surface area contributed by atoms with E-state index in [1.807, 2.05) is 6.92 Å². The summed E-state index contributed by atoms with van der Waals surface area (Å²) in [5.41, 5.74) is 4.85. The molecule has 0 amide bonds. The number of nitrogens with two attached hydrogens (primary N) is 1. The maximum absolute atomic E-state index is 7.62. The molecule has 4 N–H and O–H groups in total. The van der Waals surface area contributed by atoms with Crippen LogP contribution in [0.2, 0.25) is 0 Å². The minimum Gasteiger partial charge on any atom is -0.394 e. The van der Waals surface area contributed by atoms with E-state index in [-0.39, 0.29) is 13.2 Å². The first-order valence-electron chi connectivity index (χ1n) is 2.25. The molecule has 0 aromatic carbocycles. The van der Waals surface area contributed by atoms with Gasteiger partial charge in [-0.2, -0.15) is 0 Å². The molecular weight excluding hydrogens is 94.0 g/mol. The number of hydrogen-bond acceptors (Lipinski definition) is 3. The lowest BCUT2D eigenvalue weighted by Crippen LogP contribution is -1.87. The predicted octanol–water partition coefficient (Wildman–Crippen LogP) is -1.06. The van der Waals surface area contributed by atoms with Crippen LogP contribution < -0.4 is 5.73 Å². The Morgan fingerprint density at radius 3 is 1.43 bits per heavy atom. The zero-order valence-corrected chi connectivity index (χ0v) is 4.59. The van der Waals surface area contributed by atoms with Crippen molar-refractivity contribution < 1.29 is 10.2 Å². The van der Waals surface area contributed by atoms with E-state index in [0.717, 1.165) is 6.54 Å². The lowest BCUT2D eigenvalue weighted by Gasteiger charge is -1.70. The van der Waals surface area contributed by atoms with E-state index in [1.54, 1.807) is 0 Å². The summed E-state index contributed by atoms with van der Waals surface area (Å²) in [6.45, 7) is 2.40. The Labute approximate surface area is 43.8 Å². The molecule has 0 aliphatic rings. The minimum atomic E-state index is -0.125. The molecule has 0 atom stereocenters. The molecule has 0 aliphatic carbocycles. The summed E-state index contributed by atoms with van der Waals surface area (Å²) in [5.74, 6) is 0. The molecule has 0 rings (SSSR count). The Balaban J connectivity index is 0. The van der Waals surface area contributed by atoms with Crippen molar-refractivity contribution in [3.05, 3.63) is 0 Å². The molecule has 7 heavy (non-hydrogen) atoms. The standard InChI is InChI=1S/C2H7N.C2H6O2/c1-2-3;3-1-2-4/h2-3H2,1H3;3-4H,1-2H2. The van der Waals surface area contributed by atoms with Gasteiger partial charge in [-0.1, -0.05) is 6.92 Å². The van der Waals surface area contributed by atoms with Crippen LogP contribution >= 0.6 is 0 Å². The first kappa shape index (κ1) is 9.99. The quantitative estimate of drug-likeness (QED) is 0.400. The molecule has 0 aliphatic heterocycles. The molecule has 3 nitrogen and oxygen atoms in total. The molecule has 0 fully saturated rings. The van der Waals surface area contributed by atoms with Crippen LogP contribution in [0.25, 0.3) is 0 Å². The number of aliphatic hydroxyl groups is 2. The Bertz CT molecular complexity index is 17.2. The second-order valence-corrected chi connectivity index (χ2v) is 0.855. The monoisotopic (exact) mass is 107 g/mol. The van der Waals surface area contributed by atoms with E-state index in [9.17, 15) is 0 Å². The summed E-state index contributed by atoms with van der Waals surface area (Å²) in [4.78, 5) is 0. The summed E-state index contributed by atoms with van der Waals surface area (Å²) in [5, 5.41) is 15.2. The van der Waals surface area contributed by atoms with Crippen molar-refractivity contribution in [2.24, 2.45) is 5.73 Å². The first-order chi connectivity index (χ1) is 3.33. The lowest BCUT2D eigenvalue weighted by atomic mass is 10.8. The molecule has 0 saturated carbocycles. The molecule has 0 aromatic rings. The van der Waals surface area contributed by atoms with Crippen LogP contribution in [0, 0.1) is 0 Å². The first-order valence-corrected chi connectivity index (χ1v) is 2.25. The maximum atomic E-state index is 7.62. The van der Waals surface area contributed by atoms with Gasteiger partial charge in [0, 0.05) is 0 Å². The number of aliphatic hydroxyl groups excluding tert-OH is 2. The van der Waals surface area contributed by atoms with E-state index in [0.29, 0.717) is 0 Å². The van der Waals surface area contributed by atoms with E-state index in [4.69, 9.17) is 15.9 Å². The van der Waals surface area contributed by atoms with Crippen molar-refractivity contribution in [1.29, 1.82) is 0 Å². The molecule has 0 saturated heterocycles. The van der Waals surface area contributed by atoms with Gasteiger partial charge in [-0.3, -0.25) is 0 Å². The van der Waals surface area contributed by atoms with Gasteiger partial charge in [0.25, 0.3) is 0 Å². The Hall–Kier alpha value is -0.120. The van der Waals surface area contributed by atoms with Crippen LogP contribution in [0.1, 0.15) is 6.92 Å². The van der Waals surface area contributed by atoms with Crippen LogP contribution in [-0.2, 0) is 0 Å². The van der Waals surface area contributed by atoms with Crippen molar-refractivity contribution in [3.63, 3.8) is 0 Å². The maximum Gasteiger partial charge on any atom is 0.0662 e. The Kier molecular flexibility index (Phi) is 24.1. The van der Waals surface area contributed by atoms with Crippen LogP contribution in [-0.4, -0.2) is 30.0 Å². The Morgan fingerprint density at radius 2 is 1.43 bits per heavy atom. The molecule has 3 heteroatoms. The zero-order chi connectivity index (χ0) is 6.12. The number of hydrogen-bond donors (Lipinski definition) is 3.